The Kier molecular flexibility index (Phi) is 3.20. The van der Waals surface area contributed by atoms with Gasteiger partial charge in [0, 0.05) is 31.5 Å². The number of hydrogen-bond donors (Lipinski definition) is 0. The molecule has 1 aliphatic rings. The highest BCUT2D eigenvalue weighted by Crippen LogP contribution is 2.15. The molecule has 2 nitrogen and oxygen atoms in total. The van der Waals surface area contributed by atoms with Gasteiger partial charge in [-0.1, -0.05) is 29.8 Å². The number of nitrogens with zero attached hydrogens (tertiary/aromatic N) is 2. The van der Waals surface area contributed by atoms with Crippen LogP contribution in [-0.2, 0) is 0 Å². The quantitative estimate of drug-likeness (QED) is 0.776. The highest BCUT2D eigenvalue weighted by Gasteiger charge is 2.16. The first-order valence-electron chi connectivity index (χ1n) is 5.23. The fourth-order valence-electron chi connectivity index (χ4n) is 1.72. The highest BCUT2D eigenvalue weighted by molar-refractivity contribution is 6.30. The van der Waals surface area contributed by atoms with E-state index < -0.39 is 0 Å². The Bertz CT molecular complexity index is 396. The largest absolute Gasteiger partial charge is 0.356 e. The van der Waals surface area contributed by atoms with Gasteiger partial charge in [-0.3, -0.25) is 0 Å². The van der Waals surface area contributed by atoms with E-state index in [4.69, 9.17) is 11.6 Å². The first kappa shape index (κ1) is 11.1. The van der Waals surface area contributed by atoms with Crippen molar-refractivity contribution in [2.75, 3.05) is 14.1 Å². The molecular weight excluding hydrogens is 220 g/mol. The predicted molar refractivity (Wildman–Crippen MR) is 68.9 cm³/mol. The minimum atomic E-state index is 0.302. The average Bonchev–Trinajstić information content (AvgIpc) is 2.59. The summed E-state index contributed by atoms with van der Waals surface area (Å²) < 4.78 is 0. The Morgan fingerprint density at radius 1 is 1.06 bits per heavy atom. The first-order chi connectivity index (χ1) is 7.66. The maximum Gasteiger partial charge on any atom is 0.120 e. The Hall–Kier alpha value is -1.41. The summed E-state index contributed by atoms with van der Waals surface area (Å²) in [5, 5.41) is 0.772. The molecule has 0 unspecified atom stereocenters. The SMILES string of the molecule is CN1C=CN(C)C1C=Cc1ccc(Cl)cc1. The van der Waals surface area contributed by atoms with Crippen LogP contribution in [0.1, 0.15) is 5.56 Å². The summed E-state index contributed by atoms with van der Waals surface area (Å²) >= 11 is 5.83. The molecule has 0 saturated carbocycles. The van der Waals surface area contributed by atoms with Crippen molar-refractivity contribution >= 4 is 17.7 Å². The summed E-state index contributed by atoms with van der Waals surface area (Å²) in [4.78, 5) is 4.32. The molecule has 2 rings (SSSR count). The monoisotopic (exact) mass is 234 g/mol. The molecule has 0 N–H and O–H groups in total. The highest BCUT2D eigenvalue weighted by atomic mass is 35.5. The zero-order valence-corrected chi connectivity index (χ0v) is 10.2. The normalized spacial score (nSPS) is 16.7. The van der Waals surface area contributed by atoms with Crippen molar-refractivity contribution in [1.29, 1.82) is 0 Å². The second-order valence-corrected chi connectivity index (χ2v) is 4.39. The average molecular weight is 235 g/mol. The van der Waals surface area contributed by atoms with E-state index >= 15 is 0 Å². The van der Waals surface area contributed by atoms with Crippen molar-refractivity contribution in [2.45, 2.75) is 6.17 Å². The third-order valence-corrected chi connectivity index (χ3v) is 2.95. The predicted octanol–water partition coefficient (Wildman–Crippen LogP) is 3.03. The van der Waals surface area contributed by atoms with Gasteiger partial charge < -0.3 is 9.80 Å². The molecule has 16 heavy (non-hydrogen) atoms. The van der Waals surface area contributed by atoms with Crippen molar-refractivity contribution in [3.8, 4) is 0 Å². The number of likely N-dealkylation sites (N-methyl/N-ethyl adjacent to an activating group) is 2. The van der Waals surface area contributed by atoms with E-state index in [0.29, 0.717) is 6.17 Å². The maximum absolute atomic E-state index is 5.83. The van der Waals surface area contributed by atoms with Crippen LogP contribution in [0.15, 0.2) is 42.7 Å². The molecule has 0 bridgehead atoms. The van der Waals surface area contributed by atoms with E-state index in [1.807, 2.05) is 24.3 Å². The Morgan fingerprint density at radius 2 is 1.62 bits per heavy atom. The van der Waals surface area contributed by atoms with Crippen molar-refractivity contribution in [2.24, 2.45) is 0 Å². The van der Waals surface area contributed by atoms with Gasteiger partial charge in [0.15, 0.2) is 0 Å². The van der Waals surface area contributed by atoms with Crippen molar-refractivity contribution in [1.82, 2.24) is 9.80 Å². The second-order valence-electron chi connectivity index (χ2n) is 3.95. The summed E-state index contributed by atoms with van der Waals surface area (Å²) in [5.74, 6) is 0. The van der Waals surface area contributed by atoms with Crippen LogP contribution in [0.5, 0.6) is 0 Å². The molecule has 1 heterocycles. The third-order valence-electron chi connectivity index (χ3n) is 2.70. The van der Waals surface area contributed by atoms with Gasteiger partial charge in [0.2, 0.25) is 0 Å². The van der Waals surface area contributed by atoms with Gasteiger partial charge in [-0.05, 0) is 23.8 Å². The minimum absolute atomic E-state index is 0.302. The fraction of sp³-hybridized carbons (Fsp3) is 0.231. The summed E-state index contributed by atoms with van der Waals surface area (Å²) in [6, 6.07) is 7.84. The number of halogens is 1. The van der Waals surface area contributed by atoms with Gasteiger partial charge in [0.1, 0.15) is 6.17 Å². The molecule has 1 aliphatic heterocycles. The van der Waals surface area contributed by atoms with Gasteiger partial charge >= 0.3 is 0 Å². The lowest BCUT2D eigenvalue weighted by Gasteiger charge is -2.24. The van der Waals surface area contributed by atoms with Gasteiger partial charge in [-0.2, -0.15) is 0 Å². The molecule has 3 heteroatoms. The van der Waals surface area contributed by atoms with Gasteiger partial charge in [0.05, 0.1) is 0 Å². The molecular formula is C13H15ClN2. The number of rotatable bonds is 2. The lowest BCUT2D eigenvalue weighted by molar-refractivity contribution is 0.258. The van der Waals surface area contributed by atoms with E-state index in [1.54, 1.807) is 0 Å². The molecule has 0 spiro atoms. The van der Waals surface area contributed by atoms with E-state index in [9.17, 15) is 0 Å². The molecule has 0 atom stereocenters. The van der Waals surface area contributed by atoms with Gasteiger partial charge in [-0.15, -0.1) is 0 Å². The summed E-state index contributed by atoms with van der Waals surface area (Å²) in [6.07, 6.45) is 8.72. The smallest absolute Gasteiger partial charge is 0.120 e. The molecule has 0 radical (unpaired) electrons. The van der Waals surface area contributed by atoms with Gasteiger partial charge in [0.25, 0.3) is 0 Å². The number of hydrogen-bond acceptors (Lipinski definition) is 2. The minimum Gasteiger partial charge on any atom is -0.356 e. The summed E-state index contributed by atoms with van der Waals surface area (Å²) in [6.45, 7) is 0. The standard InChI is InChI=1S/C13H15ClN2/c1-15-9-10-16(2)13(15)8-5-11-3-6-12(14)7-4-11/h3-10,13H,1-2H3. The molecule has 0 amide bonds. The van der Waals surface area contributed by atoms with Crippen molar-refractivity contribution < 1.29 is 0 Å². The van der Waals surface area contributed by atoms with E-state index in [2.05, 4.69) is 48.4 Å². The van der Waals surface area contributed by atoms with Gasteiger partial charge in [-0.25, -0.2) is 0 Å². The topological polar surface area (TPSA) is 6.48 Å². The Balaban J connectivity index is 2.07. The lowest BCUT2D eigenvalue weighted by atomic mass is 10.2. The second kappa shape index (κ2) is 4.62. The third kappa shape index (κ3) is 2.39. The lowest BCUT2D eigenvalue weighted by Crippen LogP contribution is -2.31. The summed E-state index contributed by atoms with van der Waals surface area (Å²) in [5.41, 5.74) is 1.16. The van der Waals surface area contributed by atoms with E-state index in [0.717, 1.165) is 10.6 Å². The molecule has 0 saturated heterocycles. The molecule has 0 aliphatic carbocycles. The Labute approximate surface area is 101 Å². The van der Waals surface area contributed by atoms with Crippen LogP contribution in [0.2, 0.25) is 5.02 Å². The van der Waals surface area contributed by atoms with Crippen LogP contribution in [0.25, 0.3) is 6.08 Å². The molecule has 0 aromatic heterocycles. The first-order valence-corrected chi connectivity index (χ1v) is 5.60. The van der Waals surface area contributed by atoms with E-state index in [1.165, 1.54) is 0 Å². The maximum atomic E-state index is 5.83. The summed E-state index contributed by atoms with van der Waals surface area (Å²) in [7, 11) is 4.13. The van der Waals surface area contributed by atoms with E-state index in [-0.39, 0.29) is 0 Å². The van der Waals surface area contributed by atoms with Crippen LogP contribution in [0, 0.1) is 0 Å². The van der Waals surface area contributed by atoms with Crippen molar-refractivity contribution in [3.05, 3.63) is 53.3 Å². The zero-order valence-electron chi connectivity index (χ0n) is 9.47. The fourth-order valence-corrected chi connectivity index (χ4v) is 1.84. The molecule has 1 aromatic rings. The van der Waals surface area contributed by atoms with Crippen molar-refractivity contribution in [3.63, 3.8) is 0 Å². The molecule has 0 fully saturated rings. The van der Waals surface area contributed by atoms with Crippen LogP contribution < -0.4 is 0 Å². The van der Waals surface area contributed by atoms with Crippen LogP contribution in [0.4, 0.5) is 0 Å². The number of benzene rings is 1. The Morgan fingerprint density at radius 3 is 2.19 bits per heavy atom. The molecule has 84 valence electrons. The van der Waals surface area contributed by atoms with Crippen LogP contribution >= 0.6 is 11.6 Å². The van der Waals surface area contributed by atoms with Crippen LogP contribution in [0.3, 0.4) is 0 Å². The molecule has 1 aromatic carbocycles. The van der Waals surface area contributed by atoms with Crippen LogP contribution in [-0.4, -0.2) is 30.1 Å². The zero-order chi connectivity index (χ0) is 11.5.